The molecule has 2 rings (SSSR count). The van der Waals surface area contributed by atoms with Gasteiger partial charge in [0.25, 0.3) is 0 Å². The molecular weight excluding hydrogens is 264 g/mol. The molecule has 1 aliphatic rings. The molecule has 4 heteroatoms. The van der Waals surface area contributed by atoms with Gasteiger partial charge in [0.2, 0.25) is 5.91 Å². The maximum atomic E-state index is 11.9. The van der Waals surface area contributed by atoms with Gasteiger partial charge in [-0.05, 0) is 36.5 Å². The topological polar surface area (TPSA) is 64.3 Å². The number of hydrogen-bond donors (Lipinski definition) is 2. The van der Waals surface area contributed by atoms with Crippen LogP contribution < -0.4 is 11.1 Å². The van der Waals surface area contributed by atoms with E-state index in [1.807, 2.05) is 24.3 Å². The number of anilines is 1. The average Bonchev–Trinajstić information content (AvgIpc) is 2.54. The van der Waals surface area contributed by atoms with E-state index in [9.17, 15) is 4.79 Å². The van der Waals surface area contributed by atoms with Crippen LogP contribution in [0, 0.1) is 5.92 Å². The van der Waals surface area contributed by atoms with Crippen LogP contribution in [0.4, 0.5) is 5.69 Å². The number of carbonyl (C=O) groups excluding carboxylic acids is 1. The van der Waals surface area contributed by atoms with Gasteiger partial charge in [-0.25, -0.2) is 0 Å². The largest absolute Gasteiger partial charge is 0.368 e. The van der Waals surface area contributed by atoms with E-state index in [4.69, 9.17) is 10.5 Å². The van der Waals surface area contributed by atoms with E-state index < -0.39 is 0 Å². The van der Waals surface area contributed by atoms with Gasteiger partial charge >= 0.3 is 0 Å². The van der Waals surface area contributed by atoms with E-state index in [-0.39, 0.29) is 18.6 Å². The zero-order valence-corrected chi connectivity index (χ0v) is 12.8. The minimum atomic E-state index is -0.0871. The Morgan fingerprint density at radius 3 is 2.67 bits per heavy atom. The van der Waals surface area contributed by atoms with Gasteiger partial charge in [-0.2, -0.15) is 0 Å². The van der Waals surface area contributed by atoms with Crippen molar-refractivity contribution in [2.24, 2.45) is 11.7 Å². The second-order valence-electron chi connectivity index (χ2n) is 5.75. The number of ether oxygens (including phenoxy) is 1. The lowest BCUT2D eigenvalue weighted by Gasteiger charge is -2.30. The Morgan fingerprint density at radius 2 is 2.00 bits per heavy atom. The third-order valence-electron chi connectivity index (χ3n) is 4.27. The first-order valence-electron chi connectivity index (χ1n) is 7.93. The third-order valence-corrected chi connectivity index (χ3v) is 4.27. The minimum absolute atomic E-state index is 0.0871. The van der Waals surface area contributed by atoms with Crippen molar-refractivity contribution in [2.45, 2.75) is 51.7 Å². The Labute approximate surface area is 127 Å². The van der Waals surface area contributed by atoms with Crippen LogP contribution >= 0.6 is 0 Å². The summed E-state index contributed by atoms with van der Waals surface area (Å²) >= 11 is 0. The molecule has 1 aliphatic carbocycles. The maximum absolute atomic E-state index is 11.9. The molecule has 0 spiro atoms. The van der Waals surface area contributed by atoms with Gasteiger partial charge in [0, 0.05) is 12.2 Å². The van der Waals surface area contributed by atoms with Crippen molar-refractivity contribution in [1.29, 1.82) is 0 Å². The molecule has 4 nitrogen and oxygen atoms in total. The van der Waals surface area contributed by atoms with E-state index in [0.717, 1.165) is 24.1 Å². The molecule has 2 unspecified atom stereocenters. The Balaban J connectivity index is 1.78. The molecule has 1 fully saturated rings. The fourth-order valence-electron chi connectivity index (χ4n) is 2.96. The molecule has 3 N–H and O–H groups in total. The molecule has 0 aromatic heterocycles. The number of carbonyl (C=O) groups is 1. The molecule has 0 radical (unpaired) electrons. The molecule has 0 aliphatic heterocycles. The Bertz CT molecular complexity index is 445. The molecule has 2 atom stereocenters. The van der Waals surface area contributed by atoms with Crippen molar-refractivity contribution in [3.8, 4) is 0 Å². The molecule has 1 aromatic rings. The Morgan fingerprint density at radius 1 is 1.29 bits per heavy atom. The molecule has 0 bridgehead atoms. The highest BCUT2D eigenvalue weighted by Gasteiger charge is 2.24. The molecule has 116 valence electrons. The molecule has 0 heterocycles. The standard InChI is InChI=1S/C17H26N2O2/c1-2-14-5-3-4-6-16(14)21-12-17(20)19-15-9-7-13(11-18)8-10-15/h7-10,14,16H,2-6,11-12,18H2,1H3,(H,19,20). The Hall–Kier alpha value is -1.39. The molecule has 1 saturated carbocycles. The quantitative estimate of drug-likeness (QED) is 0.846. The summed E-state index contributed by atoms with van der Waals surface area (Å²) < 4.78 is 5.83. The lowest BCUT2D eigenvalue weighted by Crippen LogP contribution is -2.31. The van der Waals surface area contributed by atoms with Crippen molar-refractivity contribution in [2.75, 3.05) is 11.9 Å². The zero-order valence-electron chi connectivity index (χ0n) is 12.8. The number of rotatable bonds is 6. The molecular formula is C17H26N2O2. The summed E-state index contributed by atoms with van der Waals surface area (Å²) in [6.07, 6.45) is 6.18. The average molecular weight is 290 g/mol. The van der Waals surface area contributed by atoms with Crippen LogP contribution in [-0.4, -0.2) is 18.6 Å². The molecule has 0 saturated heterocycles. The minimum Gasteiger partial charge on any atom is -0.368 e. The summed E-state index contributed by atoms with van der Waals surface area (Å²) in [6, 6.07) is 7.58. The van der Waals surface area contributed by atoms with Crippen LogP contribution in [0.5, 0.6) is 0 Å². The van der Waals surface area contributed by atoms with E-state index in [1.54, 1.807) is 0 Å². The number of amides is 1. The molecule has 1 aromatic carbocycles. The highest BCUT2D eigenvalue weighted by molar-refractivity contribution is 5.91. The first-order chi connectivity index (χ1) is 10.2. The van der Waals surface area contributed by atoms with Crippen LogP contribution in [0.3, 0.4) is 0 Å². The number of nitrogens with two attached hydrogens (primary N) is 1. The summed E-state index contributed by atoms with van der Waals surface area (Å²) in [5.74, 6) is 0.520. The van der Waals surface area contributed by atoms with E-state index in [0.29, 0.717) is 12.5 Å². The van der Waals surface area contributed by atoms with Crippen LogP contribution in [0.1, 0.15) is 44.6 Å². The zero-order chi connectivity index (χ0) is 15.1. The monoisotopic (exact) mass is 290 g/mol. The first kappa shape index (κ1) is 16.0. The number of nitrogens with one attached hydrogen (secondary N) is 1. The van der Waals surface area contributed by atoms with E-state index >= 15 is 0 Å². The van der Waals surface area contributed by atoms with Gasteiger partial charge in [0.15, 0.2) is 0 Å². The lowest BCUT2D eigenvalue weighted by atomic mass is 9.85. The molecule has 1 amide bonds. The van der Waals surface area contributed by atoms with Gasteiger partial charge in [0.1, 0.15) is 6.61 Å². The molecule has 21 heavy (non-hydrogen) atoms. The highest BCUT2D eigenvalue weighted by atomic mass is 16.5. The van der Waals surface area contributed by atoms with E-state index in [1.165, 1.54) is 19.3 Å². The van der Waals surface area contributed by atoms with Crippen molar-refractivity contribution < 1.29 is 9.53 Å². The fraction of sp³-hybridized carbons (Fsp3) is 0.588. The van der Waals surface area contributed by atoms with Crippen LogP contribution in [0.25, 0.3) is 0 Å². The first-order valence-corrected chi connectivity index (χ1v) is 7.93. The fourth-order valence-corrected chi connectivity index (χ4v) is 2.96. The summed E-state index contributed by atoms with van der Waals surface area (Å²) in [5.41, 5.74) is 7.39. The SMILES string of the molecule is CCC1CCCCC1OCC(=O)Nc1ccc(CN)cc1. The van der Waals surface area contributed by atoms with Crippen LogP contribution in [0.2, 0.25) is 0 Å². The highest BCUT2D eigenvalue weighted by Crippen LogP contribution is 2.29. The summed E-state index contributed by atoms with van der Waals surface area (Å²) in [4.78, 5) is 11.9. The second kappa shape index (κ2) is 8.15. The summed E-state index contributed by atoms with van der Waals surface area (Å²) in [6.45, 7) is 2.85. The normalized spacial score (nSPS) is 22.0. The summed E-state index contributed by atoms with van der Waals surface area (Å²) in [5, 5.41) is 2.86. The van der Waals surface area contributed by atoms with Crippen molar-refractivity contribution >= 4 is 11.6 Å². The van der Waals surface area contributed by atoms with Crippen molar-refractivity contribution in [3.63, 3.8) is 0 Å². The smallest absolute Gasteiger partial charge is 0.250 e. The van der Waals surface area contributed by atoms with Crippen molar-refractivity contribution in [1.82, 2.24) is 0 Å². The number of benzene rings is 1. The predicted molar refractivity (Wildman–Crippen MR) is 85.0 cm³/mol. The predicted octanol–water partition coefficient (Wildman–Crippen LogP) is 3.07. The van der Waals surface area contributed by atoms with Crippen LogP contribution in [-0.2, 0) is 16.1 Å². The van der Waals surface area contributed by atoms with Crippen molar-refractivity contribution in [3.05, 3.63) is 29.8 Å². The lowest BCUT2D eigenvalue weighted by molar-refractivity contribution is -0.124. The maximum Gasteiger partial charge on any atom is 0.250 e. The van der Waals surface area contributed by atoms with Gasteiger partial charge in [-0.3, -0.25) is 4.79 Å². The van der Waals surface area contributed by atoms with Crippen LogP contribution in [0.15, 0.2) is 24.3 Å². The van der Waals surface area contributed by atoms with Gasteiger partial charge in [-0.15, -0.1) is 0 Å². The van der Waals surface area contributed by atoms with Gasteiger partial charge < -0.3 is 15.8 Å². The Kier molecular flexibility index (Phi) is 6.21. The van der Waals surface area contributed by atoms with Gasteiger partial charge in [0.05, 0.1) is 6.10 Å². The van der Waals surface area contributed by atoms with E-state index in [2.05, 4.69) is 12.2 Å². The van der Waals surface area contributed by atoms with Gasteiger partial charge in [-0.1, -0.05) is 38.3 Å². The third kappa shape index (κ3) is 4.83. The summed E-state index contributed by atoms with van der Waals surface area (Å²) in [7, 11) is 0. The number of hydrogen-bond acceptors (Lipinski definition) is 3. The second-order valence-corrected chi connectivity index (χ2v) is 5.75.